The van der Waals surface area contributed by atoms with Crippen LogP contribution in [-0.2, 0) is 12.8 Å². The Morgan fingerprint density at radius 3 is 2.11 bits per heavy atom. The molecule has 0 bridgehead atoms. The van der Waals surface area contributed by atoms with Gasteiger partial charge in [-0.25, -0.2) is 29.3 Å². The molecule has 3 fully saturated rings. The zero-order valence-corrected chi connectivity index (χ0v) is 44.1. The summed E-state index contributed by atoms with van der Waals surface area (Å²) in [5, 5.41) is 5.14. The summed E-state index contributed by atoms with van der Waals surface area (Å²) in [6, 6.07) is 30.4. The third-order valence-corrected chi connectivity index (χ3v) is 20.9. The van der Waals surface area contributed by atoms with Crippen LogP contribution in [0.25, 0.3) is 33.6 Å². The van der Waals surface area contributed by atoms with Gasteiger partial charge in [0.25, 0.3) is 0 Å². The van der Waals surface area contributed by atoms with E-state index >= 15 is 0 Å². The van der Waals surface area contributed by atoms with E-state index in [0.29, 0.717) is 30.3 Å². The van der Waals surface area contributed by atoms with Gasteiger partial charge in [0.1, 0.15) is 35.1 Å². The second-order valence-corrected chi connectivity index (χ2v) is 24.7. The van der Waals surface area contributed by atoms with Crippen LogP contribution in [-0.4, -0.2) is 89.9 Å². The van der Waals surface area contributed by atoms with E-state index in [9.17, 15) is 4.39 Å². The predicted octanol–water partition coefficient (Wildman–Crippen LogP) is 10.7. The fourth-order valence-corrected chi connectivity index (χ4v) is 16.5. The molecule has 2 aliphatic carbocycles. The Hall–Kier alpha value is -6.50. The number of piperidine rings is 2. The molecule has 0 amide bonds. The first-order valence-corrected chi connectivity index (χ1v) is 28.6. The number of halogens is 2. The number of fused-ring (bicyclic) bond motifs is 5. The first-order chi connectivity index (χ1) is 37.2. The van der Waals surface area contributed by atoms with Crippen LogP contribution in [0.5, 0.6) is 5.75 Å². The fourth-order valence-electron chi connectivity index (χ4n) is 14.3. The summed E-state index contributed by atoms with van der Waals surface area (Å²) in [6.07, 6.45) is 12.9. The first kappa shape index (κ1) is 45.7. The minimum atomic E-state index is -0.879. The van der Waals surface area contributed by atoms with Gasteiger partial charge in [0, 0.05) is 55.4 Å². The van der Waals surface area contributed by atoms with Crippen molar-refractivity contribution in [1.82, 2.24) is 44.0 Å². The van der Waals surface area contributed by atoms with Crippen LogP contribution in [0.3, 0.4) is 0 Å². The van der Waals surface area contributed by atoms with E-state index in [1.54, 1.807) is 35.9 Å². The van der Waals surface area contributed by atoms with Crippen LogP contribution in [0, 0.1) is 17.8 Å². The number of ether oxygens (including phenoxy) is 1. The zero-order valence-electron chi connectivity index (χ0n) is 41.7. The minimum Gasteiger partial charge on any atom is -0.486 e. The third kappa shape index (κ3) is 6.80. The second-order valence-electron chi connectivity index (χ2n) is 22.1. The largest absolute Gasteiger partial charge is 0.486 e. The van der Waals surface area contributed by atoms with E-state index < -0.39 is 6.17 Å². The molecule has 14 nitrogen and oxygen atoms in total. The molecule has 3 N–H and O–H groups in total. The summed E-state index contributed by atoms with van der Waals surface area (Å²) in [7, 11) is 0. The average molecular weight is 1070 g/mol. The zero-order chi connectivity index (χ0) is 50.6. The number of hydrogen-bond donors (Lipinski definition) is 2. The molecular formula is C58H53ClFN13OS2. The van der Waals surface area contributed by atoms with E-state index in [1.165, 1.54) is 22.3 Å². The Kier molecular flexibility index (Phi) is 10.2. The molecule has 2 spiro atoms. The average Bonchev–Trinajstić information content (AvgIpc) is 4.34. The SMILES string of the molecule is Cc1nccc(Sc2ccc3nc(N4CCC5(CC4)Cc4ccccc4[C@H]5NC4CC5(CCN4c4nc6ccc(Sc7ccnc8c7OC[C@@H]7C[C@@H](F)CN87)c7ncc4n67)Cc4ccccc4C5N)c4cnc2n34)c1Cl. The highest BCUT2D eigenvalue weighted by Gasteiger charge is 2.53. The Bertz CT molecular complexity index is 3940. The summed E-state index contributed by atoms with van der Waals surface area (Å²) in [5.74, 6) is 3.36. The van der Waals surface area contributed by atoms with Gasteiger partial charge < -0.3 is 25.2 Å². The maximum atomic E-state index is 14.6. The summed E-state index contributed by atoms with van der Waals surface area (Å²) in [5.41, 5.74) is 19.1. The number of anilines is 3. The summed E-state index contributed by atoms with van der Waals surface area (Å²) in [4.78, 5) is 40.9. The lowest BCUT2D eigenvalue weighted by molar-refractivity contribution is 0.104. The molecule has 18 heteroatoms. The van der Waals surface area contributed by atoms with Gasteiger partial charge in [-0.3, -0.25) is 19.1 Å². The number of alkyl halides is 1. The van der Waals surface area contributed by atoms with Crippen molar-refractivity contribution in [3.8, 4) is 5.75 Å². The highest BCUT2D eigenvalue weighted by molar-refractivity contribution is 8.00. The number of pyridine rings is 4. The molecule has 2 aromatic carbocycles. The van der Waals surface area contributed by atoms with Crippen molar-refractivity contribution in [1.29, 1.82) is 0 Å². The van der Waals surface area contributed by atoms with Crippen LogP contribution < -0.4 is 30.5 Å². The van der Waals surface area contributed by atoms with Crippen molar-refractivity contribution in [2.75, 3.05) is 47.5 Å². The third-order valence-electron chi connectivity index (χ3n) is 18.1. The van der Waals surface area contributed by atoms with E-state index in [4.69, 9.17) is 42.0 Å². The predicted molar refractivity (Wildman–Crippen MR) is 296 cm³/mol. The molecule has 10 aromatic rings. The number of nitrogens with two attached hydrogens (primary N) is 1. The molecule has 382 valence electrons. The Balaban J connectivity index is 0.725. The van der Waals surface area contributed by atoms with Crippen LogP contribution in [0.1, 0.15) is 72.1 Å². The summed E-state index contributed by atoms with van der Waals surface area (Å²) >= 11 is 9.94. The highest BCUT2D eigenvalue weighted by Crippen LogP contribution is 2.57. The smallest absolute Gasteiger partial charge is 0.175 e. The molecule has 6 atom stereocenters. The maximum absolute atomic E-state index is 14.6. The van der Waals surface area contributed by atoms with Crippen molar-refractivity contribution < 1.29 is 9.13 Å². The van der Waals surface area contributed by atoms with Gasteiger partial charge in [0.2, 0.25) is 0 Å². The van der Waals surface area contributed by atoms with Gasteiger partial charge in [-0.15, -0.1) is 0 Å². The van der Waals surface area contributed by atoms with E-state index in [0.717, 1.165) is 135 Å². The molecule has 76 heavy (non-hydrogen) atoms. The number of benzene rings is 2. The molecule has 0 radical (unpaired) electrons. The molecule has 12 heterocycles. The highest BCUT2D eigenvalue weighted by atomic mass is 35.5. The Morgan fingerprint density at radius 2 is 1.34 bits per heavy atom. The van der Waals surface area contributed by atoms with Crippen LogP contribution >= 0.6 is 35.1 Å². The Labute approximate surface area is 451 Å². The summed E-state index contributed by atoms with van der Waals surface area (Å²) in [6.45, 7) is 5.27. The van der Waals surface area contributed by atoms with Gasteiger partial charge >= 0.3 is 0 Å². The van der Waals surface area contributed by atoms with Crippen molar-refractivity contribution in [3.05, 3.63) is 143 Å². The molecule has 8 aromatic heterocycles. The van der Waals surface area contributed by atoms with Crippen molar-refractivity contribution in [2.24, 2.45) is 16.6 Å². The molecule has 3 saturated heterocycles. The van der Waals surface area contributed by atoms with Gasteiger partial charge in [-0.2, -0.15) is 0 Å². The van der Waals surface area contributed by atoms with Gasteiger partial charge in [0.05, 0.1) is 56.5 Å². The lowest BCUT2D eigenvalue weighted by Gasteiger charge is -2.51. The Morgan fingerprint density at radius 1 is 0.697 bits per heavy atom. The molecule has 0 saturated carbocycles. The molecule has 6 aliphatic rings. The van der Waals surface area contributed by atoms with Gasteiger partial charge in [-0.05, 0) is 115 Å². The van der Waals surface area contributed by atoms with E-state index in [-0.39, 0.29) is 35.1 Å². The number of imidazole rings is 4. The first-order valence-electron chi connectivity index (χ1n) is 26.6. The number of nitrogens with one attached hydrogen (secondary N) is 1. The van der Waals surface area contributed by atoms with Crippen LogP contribution in [0.4, 0.5) is 21.8 Å². The number of aryl methyl sites for hydroxylation is 1. The lowest BCUT2D eigenvalue weighted by atomic mass is 9.70. The number of aromatic nitrogens is 8. The van der Waals surface area contributed by atoms with Gasteiger partial charge in [-0.1, -0.05) is 83.7 Å². The number of hydrogen-bond acceptors (Lipinski definition) is 14. The van der Waals surface area contributed by atoms with Crippen molar-refractivity contribution in [3.63, 3.8) is 0 Å². The van der Waals surface area contributed by atoms with Crippen molar-refractivity contribution >= 4 is 86.2 Å². The molecule has 16 rings (SSSR count). The molecule has 3 unspecified atom stereocenters. The minimum absolute atomic E-state index is 0.00989. The second kappa shape index (κ2) is 17.0. The van der Waals surface area contributed by atoms with Crippen molar-refractivity contribution in [2.45, 2.75) is 102 Å². The van der Waals surface area contributed by atoms with E-state index in [1.807, 2.05) is 31.5 Å². The standard InChI is InChI=1S/C58H53ClFN13OS2/c1-32-48(59)41(14-19-62-32)75-43-10-12-45-67-52(39-28-64-54(43)72(39)45)69-21-16-57(17-22-69)25-34-7-3-5-9-38(34)51(57)66-47-27-58(26-33-6-2-4-8-37(33)50(58)61)18-23-70(47)53-40-29-65-55-44(11-13-46(68-53)73(40)55)76-42-15-20-63-56-49(42)74-31-36-24-35(60)30-71(36)56/h2-15,19-20,28-29,35-36,47,50-51,66H,16-18,21-27,30-31,61H2,1H3/t35-,36+,47?,50?,51-,58?/m1/s1. The molecule has 4 aliphatic heterocycles. The maximum Gasteiger partial charge on any atom is 0.175 e. The normalized spacial score (nSPS) is 24.7. The summed E-state index contributed by atoms with van der Waals surface area (Å²) < 4.78 is 25.3. The lowest BCUT2D eigenvalue weighted by Crippen LogP contribution is -2.58. The number of nitrogens with zero attached hydrogens (tertiary/aromatic N) is 11. The van der Waals surface area contributed by atoms with Gasteiger partial charge in [0.15, 0.2) is 34.5 Å². The fraction of sp³-hybridized carbons (Fsp3) is 0.345. The topological polar surface area (TPSA) is 143 Å². The van der Waals surface area contributed by atoms with Crippen LogP contribution in [0.15, 0.2) is 129 Å². The number of rotatable bonds is 8. The van der Waals surface area contributed by atoms with Crippen LogP contribution in [0.2, 0.25) is 5.02 Å². The van der Waals surface area contributed by atoms with E-state index in [2.05, 4.69) is 112 Å². The quantitative estimate of drug-likeness (QED) is 0.149. The monoisotopic (exact) mass is 1070 g/mol. The molecular weight excluding hydrogens is 1010 g/mol.